The number of alkyl halides is 3. The summed E-state index contributed by atoms with van der Waals surface area (Å²) in [6, 6.07) is 1.79. The van der Waals surface area contributed by atoms with Gasteiger partial charge in [0, 0.05) is 17.6 Å². The van der Waals surface area contributed by atoms with Gasteiger partial charge in [0.2, 0.25) is 5.89 Å². The first-order chi connectivity index (χ1) is 12.2. The van der Waals surface area contributed by atoms with Crippen LogP contribution in [0.5, 0.6) is 0 Å². The fourth-order valence-corrected chi connectivity index (χ4v) is 3.15. The van der Waals surface area contributed by atoms with E-state index in [0.29, 0.717) is 12.1 Å². The molecule has 1 heterocycles. The lowest BCUT2D eigenvalue weighted by Crippen LogP contribution is -2.45. The topological polar surface area (TPSA) is 83.0 Å². The third-order valence-electron chi connectivity index (χ3n) is 4.73. The molecule has 3 rings (SSSR count). The standard InChI is InChI=1S/C16H18F4N4O2.ClH/c1-7(8-3-10(4-8)21-2)22-12-6-9(14-23-24-15(25)26-14)5-11(17)13(12)16(18,19)20;/h5-8,10,21-22H,3-4H2,1-2H3,(H,24,25);1H/t7-,8?,10?;/m0./s1. The second-order valence-corrected chi connectivity index (χ2v) is 6.45. The Morgan fingerprint density at radius 3 is 2.52 bits per heavy atom. The van der Waals surface area contributed by atoms with E-state index in [1.807, 2.05) is 12.1 Å². The number of hydrogen-bond acceptors (Lipinski definition) is 5. The summed E-state index contributed by atoms with van der Waals surface area (Å²) < 4.78 is 58.9. The highest BCUT2D eigenvalue weighted by atomic mass is 35.5. The van der Waals surface area contributed by atoms with Gasteiger partial charge in [0.1, 0.15) is 11.4 Å². The van der Waals surface area contributed by atoms with Gasteiger partial charge in [-0.05, 0) is 44.9 Å². The van der Waals surface area contributed by atoms with Gasteiger partial charge in [0.15, 0.2) is 0 Å². The Morgan fingerprint density at radius 2 is 2.00 bits per heavy atom. The predicted molar refractivity (Wildman–Crippen MR) is 93.4 cm³/mol. The third kappa shape index (κ3) is 4.44. The van der Waals surface area contributed by atoms with Crippen molar-refractivity contribution in [1.29, 1.82) is 0 Å². The summed E-state index contributed by atoms with van der Waals surface area (Å²) in [6.07, 6.45) is -3.23. The first kappa shape index (κ1) is 21.2. The van der Waals surface area contributed by atoms with Gasteiger partial charge in [-0.1, -0.05) is 0 Å². The molecule has 6 nitrogen and oxygen atoms in total. The van der Waals surface area contributed by atoms with Crippen molar-refractivity contribution in [3.8, 4) is 11.5 Å². The molecule has 27 heavy (non-hydrogen) atoms. The summed E-state index contributed by atoms with van der Waals surface area (Å²) in [5.41, 5.74) is -1.85. The van der Waals surface area contributed by atoms with E-state index >= 15 is 0 Å². The fraction of sp³-hybridized carbons (Fsp3) is 0.500. The Labute approximate surface area is 158 Å². The quantitative estimate of drug-likeness (QED) is 0.658. The van der Waals surface area contributed by atoms with Gasteiger partial charge in [-0.15, -0.1) is 17.5 Å². The van der Waals surface area contributed by atoms with Crippen LogP contribution in [0.1, 0.15) is 25.3 Å². The number of aromatic nitrogens is 2. The maximum atomic E-state index is 14.2. The smallest absolute Gasteiger partial charge is 0.388 e. The summed E-state index contributed by atoms with van der Waals surface area (Å²) in [5, 5.41) is 11.4. The molecular formula is C16H19ClF4N4O2. The Kier molecular flexibility index (Phi) is 6.21. The molecule has 1 aromatic heterocycles. The van der Waals surface area contributed by atoms with Crippen LogP contribution in [-0.4, -0.2) is 29.3 Å². The molecule has 0 amide bonds. The number of H-pyrrole nitrogens is 1. The van der Waals surface area contributed by atoms with Gasteiger partial charge in [-0.3, -0.25) is 0 Å². The van der Waals surface area contributed by atoms with Crippen molar-refractivity contribution in [2.24, 2.45) is 5.92 Å². The number of nitrogens with one attached hydrogen (secondary N) is 3. The zero-order chi connectivity index (χ0) is 19.1. The van der Waals surface area contributed by atoms with E-state index in [2.05, 4.69) is 15.7 Å². The number of aromatic amines is 1. The number of benzene rings is 1. The predicted octanol–water partition coefficient (Wildman–Crippen LogP) is 3.41. The molecule has 0 bridgehead atoms. The zero-order valence-electron chi connectivity index (χ0n) is 14.5. The normalized spacial score (nSPS) is 20.5. The van der Waals surface area contributed by atoms with E-state index in [1.165, 1.54) is 0 Å². The zero-order valence-corrected chi connectivity index (χ0v) is 15.3. The van der Waals surface area contributed by atoms with Crippen molar-refractivity contribution in [2.45, 2.75) is 38.0 Å². The van der Waals surface area contributed by atoms with Crippen LogP contribution in [-0.2, 0) is 6.18 Å². The van der Waals surface area contributed by atoms with Gasteiger partial charge in [0.25, 0.3) is 0 Å². The lowest BCUT2D eigenvalue weighted by Gasteiger charge is -2.39. The van der Waals surface area contributed by atoms with E-state index in [1.54, 1.807) is 6.92 Å². The van der Waals surface area contributed by atoms with Gasteiger partial charge >= 0.3 is 11.9 Å². The van der Waals surface area contributed by atoms with Crippen molar-refractivity contribution in [1.82, 2.24) is 15.5 Å². The molecule has 0 saturated heterocycles. The Hall–Kier alpha value is -2.07. The van der Waals surface area contributed by atoms with E-state index in [0.717, 1.165) is 18.9 Å². The monoisotopic (exact) mass is 410 g/mol. The number of halogens is 5. The summed E-state index contributed by atoms with van der Waals surface area (Å²) in [6.45, 7) is 1.76. The van der Waals surface area contributed by atoms with Gasteiger partial charge in [0.05, 0.1) is 5.69 Å². The molecular weight excluding hydrogens is 392 g/mol. The summed E-state index contributed by atoms with van der Waals surface area (Å²) >= 11 is 0. The Bertz CT molecular complexity index is 846. The lowest BCUT2D eigenvalue weighted by molar-refractivity contribution is -0.139. The first-order valence-electron chi connectivity index (χ1n) is 8.09. The van der Waals surface area contributed by atoms with Crippen molar-refractivity contribution >= 4 is 18.1 Å². The molecule has 1 aromatic carbocycles. The molecule has 1 aliphatic carbocycles. The molecule has 1 fully saturated rings. The second-order valence-electron chi connectivity index (χ2n) is 6.45. The maximum Gasteiger partial charge on any atom is 0.434 e. The van der Waals surface area contributed by atoms with E-state index < -0.39 is 29.0 Å². The minimum absolute atomic E-state index is 0. The van der Waals surface area contributed by atoms with Crippen molar-refractivity contribution in [3.05, 3.63) is 34.1 Å². The lowest BCUT2D eigenvalue weighted by atomic mass is 9.76. The van der Waals surface area contributed by atoms with Gasteiger partial charge in [-0.25, -0.2) is 14.3 Å². The van der Waals surface area contributed by atoms with E-state index in [-0.39, 0.29) is 35.8 Å². The summed E-state index contributed by atoms with van der Waals surface area (Å²) in [4.78, 5) is 11.1. The Balaban J connectivity index is 0.00000261. The molecule has 0 spiro atoms. The van der Waals surface area contributed by atoms with Gasteiger partial charge in [-0.2, -0.15) is 13.2 Å². The van der Waals surface area contributed by atoms with E-state index in [4.69, 9.17) is 4.42 Å². The highest BCUT2D eigenvalue weighted by Gasteiger charge is 2.39. The molecule has 3 N–H and O–H groups in total. The van der Waals surface area contributed by atoms with Crippen molar-refractivity contribution in [2.75, 3.05) is 12.4 Å². The van der Waals surface area contributed by atoms with Crippen LogP contribution in [0.3, 0.4) is 0 Å². The fourth-order valence-electron chi connectivity index (χ4n) is 3.15. The van der Waals surface area contributed by atoms with Crippen LogP contribution in [0.4, 0.5) is 23.2 Å². The minimum atomic E-state index is -4.87. The van der Waals surface area contributed by atoms with Crippen molar-refractivity contribution < 1.29 is 22.0 Å². The van der Waals surface area contributed by atoms with Crippen LogP contribution in [0.15, 0.2) is 21.3 Å². The molecule has 1 atom stereocenters. The molecule has 150 valence electrons. The molecule has 11 heteroatoms. The van der Waals surface area contributed by atoms with Crippen LogP contribution in [0, 0.1) is 11.7 Å². The maximum absolute atomic E-state index is 14.2. The number of hydrogen-bond donors (Lipinski definition) is 3. The number of nitrogens with zero attached hydrogens (tertiary/aromatic N) is 1. The SMILES string of the molecule is CNC1CC([C@H](C)Nc2cc(-c3n[nH]c(=O)o3)cc(F)c2C(F)(F)F)C1.Cl. The van der Waals surface area contributed by atoms with Crippen LogP contribution >= 0.6 is 12.4 Å². The molecule has 0 aliphatic heterocycles. The van der Waals surface area contributed by atoms with E-state index in [9.17, 15) is 22.4 Å². The Morgan fingerprint density at radius 1 is 1.33 bits per heavy atom. The molecule has 1 aliphatic rings. The first-order valence-corrected chi connectivity index (χ1v) is 8.09. The largest absolute Gasteiger partial charge is 0.434 e. The van der Waals surface area contributed by atoms with Crippen LogP contribution in [0.25, 0.3) is 11.5 Å². The molecule has 1 saturated carbocycles. The van der Waals surface area contributed by atoms with Gasteiger partial charge < -0.3 is 15.1 Å². The summed E-state index contributed by atoms with van der Waals surface area (Å²) in [5.74, 6) is -2.45. The highest BCUT2D eigenvalue weighted by molar-refractivity contribution is 5.85. The minimum Gasteiger partial charge on any atom is -0.388 e. The average molecular weight is 411 g/mol. The van der Waals surface area contributed by atoms with Crippen LogP contribution in [0.2, 0.25) is 0 Å². The number of anilines is 1. The number of rotatable bonds is 5. The van der Waals surface area contributed by atoms with Crippen molar-refractivity contribution in [3.63, 3.8) is 0 Å². The summed E-state index contributed by atoms with van der Waals surface area (Å²) in [7, 11) is 1.83. The molecule has 0 unspecified atom stereocenters. The molecule has 0 radical (unpaired) electrons. The van der Waals surface area contributed by atoms with Crippen LogP contribution < -0.4 is 16.4 Å². The third-order valence-corrected chi connectivity index (χ3v) is 4.73. The second kappa shape index (κ2) is 7.89. The highest BCUT2D eigenvalue weighted by Crippen LogP contribution is 2.40. The average Bonchev–Trinajstić information content (AvgIpc) is 2.90. The molecule has 2 aromatic rings.